The van der Waals surface area contributed by atoms with Gasteiger partial charge in [0.1, 0.15) is 5.82 Å². The zero-order valence-corrected chi connectivity index (χ0v) is 11.5. The van der Waals surface area contributed by atoms with E-state index in [4.69, 9.17) is 11.6 Å². The molecule has 0 amide bonds. The maximum atomic E-state index is 13.1. The molecule has 0 heterocycles. The fourth-order valence-electron chi connectivity index (χ4n) is 1.86. The Morgan fingerprint density at radius 1 is 1.29 bits per heavy atom. The van der Waals surface area contributed by atoms with Crippen molar-refractivity contribution in [2.24, 2.45) is 5.92 Å². The highest BCUT2D eigenvalue weighted by atomic mass is 35.5. The van der Waals surface area contributed by atoms with E-state index < -0.39 is 0 Å². The van der Waals surface area contributed by atoms with Crippen LogP contribution in [0.15, 0.2) is 18.2 Å². The summed E-state index contributed by atoms with van der Waals surface area (Å²) in [4.78, 5) is 0. The van der Waals surface area contributed by atoms with Crippen LogP contribution in [0.4, 0.5) is 4.39 Å². The molecule has 1 rings (SSSR count). The molecule has 1 aromatic rings. The van der Waals surface area contributed by atoms with Gasteiger partial charge in [0.05, 0.1) is 0 Å². The van der Waals surface area contributed by atoms with Crippen LogP contribution >= 0.6 is 11.6 Å². The predicted octanol–water partition coefficient (Wildman–Crippen LogP) is 4.39. The monoisotopic (exact) mass is 257 g/mol. The molecule has 1 aromatic carbocycles. The van der Waals surface area contributed by atoms with E-state index in [1.165, 1.54) is 18.6 Å². The fourth-order valence-corrected chi connectivity index (χ4v) is 2.10. The number of halogens is 2. The molecule has 96 valence electrons. The highest BCUT2D eigenvalue weighted by Gasteiger charge is 2.07. The zero-order chi connectivity index (χ0) is 12.8. The number of rotatable bonds is 6. The Morgan fingerprint density at radius 3 is 2.59 bits per heavy atom. The maximum absolute atomic E-state index is 13.1. The molecule has 0 saturated carbocycles. The first-order chi connectivity index (χ1) is 8.01. The first kappa shape index (κ1) is 14.5. The number of hydrogen-bond donors (Lipinski definition) is 1. The molecule has 17 heavy (non-hydrogen) atoms. The normalized spacial score (nSPS) is 14.6. The lowest BCUT2D eigenvalue weighted by atomic mass is 10.0. The highest BCUT2D eigenvalue weighted by molar-refractivity contribution is 6.30. The SMILES string of the molecule is CCC(C)CC(C)NCc1cc(F)cc(Cl)c1. The van der Waals surface area contributed by atoms with Gasteiger partial charge in [-0.1, -0.05) is 31.9 Å². The Hall–Kier alpha value is -0.600. The van der Waals surface area contributed by atoms with E-state index in [-0.39, 0.29) is 5.82 Å². The van der Waals surface area contributed by atoms with Crippen molar-refractivity contribution in [3.8, 4) is 0 Å². The van der Waals surface area contributed by atoms with Gasteiger partial charge < -0.3 is 5.32 Å². The van der Waals surface area contributed by atoms with Crippen LogP contribution in [0.3, 0.4) is 0 Å². The lowest BCUT2D eigenvalue weighted by Crippen LogP contribution is -2.27. The number of nitrogens with one attached hydrogen (secondary N) is 1. The van der Waals surface area contributed by atoms with Crippen molar-refractivity contribution in [3.05, 3.63) is 34.6 Å². The lowest BCUT2D eigenvalue weighted by Gasteiger charge is -2.17. The molecule has 2 unspecified atom stereocenters. The van der Waals surface area contributed by atoms with Crippen molar-refractivity contribution in [2.45, 2.75) is 46.2 Å². The first-order valence-corrected chi connectivity index (χ1v) is 6.57. The summed E-state index contributed by atoms with van der Waals surface area (Å²) in [7, 11) is 0. The molecule has 1 N–H and O–H groups in total. The standard InChI is InChI=1S/C14H21ClFN/c1-4-10(2)5-11(3)17-9-12-6-13(15)8-14(16)7-12/h6-8,10-11,17H,4-5,9H2,1-3H3. The predicted molar refractivity (Wildman–Crippen MR) is 71.8 cm³/mol. The Labute approximate surface area is 108 Å². The summed E-state index contributed by atoms with van der Waals surface area (Å²) in [5.74, 6) is 0.442. The van der Waals surface area contributed by atoms with Crippen molar-refractivity contribution in [2.75, 3.05) is 0 Å². The molecule has 0 aliphatic heterocycles. The quantitative estimate of drug-likeness (QED) is 0.797. The molecule has 0 aromatic heterocycles. The van der Waals surface area contributed by atoms with Gasteiger partial charge in [-0.2, -0.15) is 0 Å². The lowest BCUT2D eigenvalue weighted by molar-refractivity contribution is 0.412. The van der Waals surface area contributed by atoms with Crippen LogP contribution in [-0.2, 0) is 6.54 Å². The second-order valence-electron chi connectivity index (χ2n) is 4.81. The van der Waals surface area contributed by atoms with Crippen LogP contribution in [0.2, 0.25) is 5.02 Å². The van der Waals surface area contributed by atoms with Crippen molar-refractivity contribution in [1.29, 1.82) is 0 Å². The minimum absolute atomic E-state index is 0.274. The zero-order valence-electron chi connectivity index (χ0n) is 10.8. The van der Waals surface area contributed by atoms with Crippen LogP contribution in [0, 0.1) is 11.7 Å². The second kappa shape index (κ2) is 6.97. The third-order valence-electron chi connectivity index (χ3n) is 3.03. The van der Waals surface area contributed by atoms with Crippen LogP contribution in [0.1, 0.15) is 39.2 Å². The molecule has 0 spiro atoms. The van der Waals surface area contributed by atoms with Crippen LogP contribution < -0.4 is 5.32 Å². The van der Waals surface area contributed by atoms with Gasteiger partial charge in [0.2, 0.25) is 0 Å². The highest BCUT2D eigenvalue weighted by Crippen LogP contribution is 2.15. The third-order valence-corrected chi connectivity index (χ3v) is 3.25. The summed E-state index contributed by atoms with van der Waals surface area (Å²) in [5.41, 5.74) is 0.894. The number of hydrogen-bond acceptors (Lipinski definition) is 1. The summed E-state index contributed by atoms with van der Waals surface area (Å²) < 4.78 is 13.1. The van der Waals surface area contributed by atoms with E-state index in [2.05, 4.69) is 26.1 Å². The molecule has 0 saturated heterocycles. The second-order valence-corrected chi connectivity index (χ2v) is 5.25. The van der Waals surface area contributed by atoms with E-state index in [9.17, 15) is 4.39 Å². The van der Waals surface area contributed by atoms with E-state index in [1.54, 1.807) is 6.07 Å². The minimum atomic E-state index is -0.274. The molecule has 3 heteroatoms. The van der Waals surface area contributed by atoms with Gasteiger partial charge in [-0.3, -0.25) is 0 Å². The molecule has 0 bridgehead atoms. The van der Waals surface area contributed by atoms with Gasteiger partial charge in [0, 0.05) is 17.6 Å². The fraction of sp³-hybridized carbons (Fsp3) is 0.571. The largest absolute Gasteiger partial charge is 0.310 e. The topological polar surface area (TPSA) is 12.0 Å². The van der Waals surface area contributed by atoms with Crippen LogP contribution in [0.25, 0.3) is 0 Å². The average molecular weight is 258 g/mol. The molecule has 0 fully saturated rings. The van der Waals surface area contributed by atoms with Crippen molar-refractivity contribution in [1.82, 2.24) is 5.32 Å². The Kier molecular flexibility index (Phi) is 5.93. The summed E-state index contributed by atoms with van der Waals surface area (Å²) in [6.45, 7) is 7.27. The van der Waals surface area contributed by atoms with Gasteiger partial charge >= 0.3 is 0 Å². The van der Waals surface area contributed by atoms with Gasteiger partial charge in [0.15, 0.2) is 0 Å². The molecule has 0 aliphatic rings. The van der Waals surface area contributed by atoms with E-state index in [1.807, 2.05) is 0 Å². The Balaban J connectivity index is 2.44. The van der Waals surface area contributed by atoms with E-state index in [0.29, 0.717) is 23.5 Å². The molecular formula is C14H21ClFN. The Morgan fingerprint density at radius 2 is 2.00 bits per heavy atom. The molecule has 0 radical (unpaired) electrons. The van der Waals surface area contributed by atoms with Gasteiger partial charge in [-0.15, -0.1) is 0 Å². The first-order valence-electron chi connectivity index (χ1n) is 6.19. The van der Waals surface area contributed by atoms with Gasteiger partial charge in [-0.05, 0) is 43.0 Å². The van der Waals surface area contributed by atoms with E-state index >= 15 is 0 Å². The third kappa shape index (κ3) is 5.51. The molecule has 1 nitrogen and oxygen atoms in total. The summed E-state index contributed by atoms with van der Waals surface area (Å²) in [6.07, 6.45) is 2.33. The molecule has 2 atom stereocenters. The van der Waals surface area contributed by atoms with E-state index in [0.717, 1.165) is 12.0 Å². The number of benzene rings is 1. The molecule has 0 aliphatic carbocycles. The smallest absolute Gasteiger partial charge is 0.125 e. The average Bonchev–Trinajstić information content (AvgIpc) is 2.25. The van der Waals surface area contributed by atoms with Gasteiger partial charge in [-0.25, -0.2) is 4.39 Å². The summed E-state index contributed by atoms with van der Waals surface area (Å²) in [5, 5.41) is 3.85. The van der Waals surface area contributed by atoms with Gasteiger partial charge in [0.25, 0.3) is 0 Å². The maximum Gasteiger partial charge on any atom is 0.125 e. The van der Waals surface area contributed by atoms with Crippen molar-refractivity contribution < 1.29 is 4.39 Å². The summed E-state index contributed by atoms with van der Waals surface area (Å²) >= 11 is 5.80. The van der Waals surface area contributed by atoms with Crippen molar-refractivity contribution in [3.63, 3.8) is 0 Å². The van der Waals surface area contributed by atoms with Crippen LogP contribution in [0.5, 0.6) is 0 Å². The Bertz CT molecular complexity index is 334. The molecular weight excluding hydrogens is 237 g/mol. The summed E-state index contributed by atoms with van der Waals surface area (Å²) in [6, 6.07) is 5.09. The van der Waals surface area contributed by atoms with Crippen molar-refractivity contribution >= 4 is 11.6 Å². The minimum Gasteiger partial charge on any atom is -0.310 e. The van der Waals surface area contributed by atoms with Crippen LogP contribution in [-0.4, -0.2) is 6.04 Å².